The van der Waals surface area contributed by atoms with Gasteiger partial charge in [0, 0.05) is 29.7 Å². The van der Waals surface area contributed by atoms with Crippen LogP contribution in [0.5, 0.6) is 0 Å². The van der Waals surface area contributed by atoms with Gasteiger partial charge in [-0.05, 0) is 50.5 Å². The molecule has 1 N–H and O–H groups in total. The fourth-order valence-electron chi connectivity index (χ4n) is 3.39. The Kier molecular flexibility index (Phi) is 5.41. The SMILES string of the molecule is Cc1[nH]c2ccc(C(=O)OCC(=O)N3CCCCCCC3)cc2c1C. The van der Waals surface area contributed by atoms with E-state index >= 15 is 0 Å². The van der Waals surface area contributed by atoms with Crippen molar-refractivity contribution in [3.63, 3.8) is 0 Å². The Morgan fingerprint density at radius 1 is 1.08 bits per heavy atom. The van der Waals surface area contributed by atoms with E-state index in [0.717, 1.165) is 48.1 Å². The molecule has 1 aliphatic rings. The van der Waals surface area contributed by atoms with E-state index in [1.807, 2.05) is 30.9 Å². The molecule has 0 saturated carbocycles. The van der Waals surface area contributed by atoms with Gasteiger partial charge in [-0.3, -0.25) is 4.79 Å². The molecule has 2 heterocycles. The lowest BCUT2D eigenvalue weighted by atomic mass is 10.1. The minimum Gasteiger partial charge on any atom is -0.452 e. The number of nitrogens with one attached hydrogen (secondary N) is 1. The molecule has 1 fully saturated rings. The first-order valence-electron chi connectivity index (χ1n) is 9.10. The molecule has 0 radical (unpaired) electrons. The standard InChI is InChI=1S/C20H26N2O3/c1-14-15(2)21-18-9-8-16(12-17(14)18)20(24)25-13-19(23)22-10-6-4-3-5-7-11-22/h8-9,12,21H,3-7,10-11,13H2,1-2H3. The van der Waals surface area contributed by atoms with E-state index < -0.39 is 5.97 Å². The van der Waals surface area contributed by atoms with Crippen molar-refractivity contribution in [2.24, 2.45) is 0 Å². The van der Waals surface area contributed by atoms with Gasteiger partial charge in [0.15, 0.2) is 6.61 Å². The van der Waals surface area contributed by atoms with Crippen molar-refractivity contribution in [2.75, 3.05) is 19.7 Å². The predicted octanol–water partition coefficient (Wildman–Crippen LogP) is 3.73. The third-order valence-corrected chi connectivity index (χ3v) is 5.08. The number of aryl methyl sites for hydroxylation is 2. The predicted molar refractivity (Wildman–Crippen MR) is 97.7 cm³/mol. The topological polar surface area (TPSA) is 62.4 Å². The number of benzene rings is 1. The van der Waals surface area contributed by atoms with Gasteiger partial charge in [0.2, 0.25) is 0 Å². The smallest absolute Gasteiger partial charge is 0.338 e. The van der Waals surface area contributed by atoms with Crippen LogP contribution in [0.3, 0.4) is 0 Å². The lowest BCUT2D eigenvalue weighted by Gasteiger charge is -2.24. The summed E-state index contributed by atoms with van der Waals surface area (Å²) < 4.78 is 5.27. The summed E-state index contributed by atoms with van der Waals surface area (Å²) in [6.45, 7) is 5.39. The number of aromatic amines is 1. The molecule has 3 rings (SSSR count). The number of aromatic nitrogens is 1. The van der Waals surface area contributed by atoms with Gasteiger partial charge >= 0.3 is 5.97 Å². The van der Waals surface area contributed by atoms with Gasteiger partial charge in [0.1, 0.15) is 0 Å². The second kappa shape index (κ2) is 7.72. The summed E-state index contributed by atoms with van der Waals surface area (Å²) >= 11 is 0. The number of esters is 1. The number of ether oxygens (including phenoxy) is 1. The number of rotatable bonds is 3. The molecule has 25 heavy (non-hydrogen) atoms. The first-order chi connectivity index (χ1) is 12.1. The van der Waals surface area contributed by atoms with Crippen molar-refractivity contribution in [1.82, 2.24) is 9.88 Å². The van der Waals surface area contributed by atoms with Crippen LogP contribution in [-0.2, 0) is 9.53 Å². The highest BCUT2D eigenvalue weighted by Gasteiger charge is 2.18. The van der Waals surface area contributed by atoms with Crippen molar-refractivity contribution in [1.29, 1.82) is 0 Å². The highest BCUT2D eigenvalue weighted by molar-refractivity contribution is 5.96. The van der Waals surface area contributed by atoms with Gasteiger partial charge in [-0.25, -0.2) is 4.79 Å². The van der Waals surface area contributed by atoms with Crippen LogP contribution in [0.25, 0.3) is 10.9 Å². The molecular weight excluding hydrogens is 316 g/mol. The number of hydrogen-bond donors (Lipinski definition) is 1. The monoisotopic (exact) mass is 342 g/mol. The molecule has 1 saturated heterocycles. The van der Waals surface area contributed by atoms with Crippen LogP contribution in [0.15, 0.2) is 18.2 Å². The van der Waals surface area contributed by atoms with Crippen molar-refractivity contribution in [3.05, 3.63) is 35.0 Å². The fraction of sp³-hybridized carbons (Fsp3) is 0.500. The van der Waals surface area contributed by atoms with Gasteiger partial charge in [-0.2, -0.15) is 0 Å². The Morgan fingerprint density at radius 3 is 2.48 bits per heavy atom. The molecule has 0 unspecified atom stereocenters. The minimum absolute atomic E-state index is 0.0926. The Bertz CT molecular complexity index is 771. The van der Waals surface area contributed by atoms with E-state index in [1.54, 1.807) is 6.07 Å². The van der Waals surface area contributed by atoms with Crippen LogP contribution in [0.2, 0.25) is 0 Å². The number of carbonyl (C=O) groups excluding carboxylic acids is 2. The van der Waals surface area contributed by atoms with E-state index in [4.69, 9.17) is 4.74 Å². The normalized spacial score (nSPS) is 15.7. The summed E-state index contributed by atoms with van der Waals surface area (Å²) in [5.74, 6) is -0.537. The van der Waals surface area contributed by atoms with Crippen LogP contribution in [-0.4, -0.2) is 41.5 Å². The number of amides is 1. The number of hydrogen-bond acceptors (Lipinski definition) is 3. The van der Waals surface area contributed by atoms with Gasteiger partial charge in [0.25, 0.3) is 5.91 Å². The summed E-state index contributed by atoms with van der Waals surface area (Å²) in [6.07, 6.45) is 5.64. The molecular formula is C20H26N2O3. The van der Waals surface area contributed by atoms with Crippen molar-refractivity contribution in [3.8, 4) is 0 Å². The Hall–Kier alpha value is -2.30. The maximum absolute atomic E-state index is 12.3. The summed E-state index contributed by atoms with van der Waals surface area (Å²) in [5.41, 5.74) is 3.70. The second-order valence-electron chi connectivity index (χ2n) is 6.86. The largest absolute Gasteiger partial charge is 0.452 e. The Morgan fingerprint density at radius 2 is 1.76 bits per heavy atom. The zero-order valence-corrected chi connectivity index (χ0v) is 15.1. The molecule has 1 aliphatic heterocycles. The first-order valence-corrected chi connectivity index (χ1v) is 9.10. The molecule has 134 valence electrons. The first kappa shape index (κ1) is 17.5. The maximum atomic E-state index is 12.3. The van der Waals surface area contributed by atoms with E-state index in [9.17, 15) is 9.59 Å². The minimum atomic E-state index is -0.444. The number of likely N-dealkylation sites (tertiary alicyclic amines) is 1. The molecule has 1 aromatic heterocycles. The van der Waals surface area contributed by atoms with Gasteiger partial charge in [-0.15, -0.1) is 0 Å². The molecule has 1 aromatic carbocycles. The van der Waals surface area contributed by atoms with E-state index in [2.05, 4.69) is 4.98 Å². The maximum Gasteiger partial charge on any atom is 0.338 e. The van der Waals surface area contributed by atoms with Crippen molar-refractivity contribution >= 4 is 22.8 Å². The lowest BCUT2D eigenvalue weighted by Crippen LogP contribution is -2.36. The molecule has 0 aliphatic carbocycles. The third-order valence-electron chi connectivity index (χ3n) is 5.08. The van der Waals surface area contributed by atoms with Crippen LogP contribution in [0.4, 0.5) is 0 Å². The molecule has 5 nitrogen and oxygen atoms in total. The van der Waals surface area contributed by atoms with Crippen LogP contribution >= 0.6 is 0 Å². The average Bonchev–Trinajstić information content (AvgIpc) is 2.86. The summed E-state index contributed by atoms with van der Waals surface area (Å²) in [4.78, 5) is 29.7. The Labute approximate surface area is 148 Å². The summed E-state index contributed by atoms with van der Waals surface area (Å²) in [7, 11) is 0. The molecule has 0 atom stereocenters. The Balaban J connectivity index is 1.61. The number of nitrogens with zero attached hydrogens (tertiary/aromatic N) is 1. The second-order valence-corrected chi connectivity index (χ2v) is 6.86. The van der Waals surface area contributed by atoms with Gasteiger partial charge < -0.3 is 14.6 Å². The van der Waals surface area contributed by atoms with E-state index in [1.165, 1.54) is 19.3 Å². The number of fused-ring (bicyclic) bond motifs is 1. The van der Waals surface area contributed by atoms with Crippen LogP contribution in [0.1, 0.15) is 53.7 Å². The molecule has 5 heteroatoms. The molecule has 1 amide bonds. The molecule has 0 spiro atoms. The highest BCUT2D eigenvalue weighted by Crippen LogP contribution is 2.22. The third kappa shape index (κ3) is 4.03. The number of carbonyl (C=O) groups is 2. The number of H-pyrrole nitrogens is 1. The van der Waals surface area contributed by atoms with Gasteiger partial charge in [0.05, 0.1) is 5.56 Å². The van der Waals surface area contributed by atoms with Crippen LogP contribution < -0.4 is 0 Å². The molecule has 0 bridgehead atoms. The van der Waals surface area contributed by atoms with E-state index in [0.29, 0.717) is 5.56 Å². The molecule has 2 aromatic rings. The highest BCUT2D eigenvalue weighted by atomic mass is 16.5. The summed E-state index contributed by atoms with van der Waals surface area (Å²) in [6, 6.07) is 5.45. The zero-order valence-electron chi connectivity index (χ0n) is 15.1. The van der Waals surface area contributed by atoms with Crippen LogP contribution in [0, 0.1) is 13.8 Å². The quantitative estimate of drug-likeness (QED) is 0.865. The fourth-order valence-corrected chi connectivity index (χ4v) is 3.39. The van der Waals surface area contributed by atoms with Crippen molar-refractivity contribution in [2.45, 2.75) is 46.0 Å². The zero-order chi connectivity index (χ0) is 17.8. The van der Waals surface area contributed by atoms with Crippen molar-refractivity contribution < 1.29 is 14.3 Å². The van der Waals surface area contributed by atoms with Gasteiger partial charge in [-0.1, -0.05) is 19.3 Å². The summed E-state index contributed by atoms with van der Waals surface area (Å²) in [5, 5.41) is 1.02. The average molecular weight is 342 g/mol. The van der Waals surface area contributed by atoms with E-state index in [-0.39, 0.29) is 12.5 Å². The lowest BCUT2D eigenvalue weighted by molar-refractivity contribution is -0.134.